The Morgan fingerprint density at radius 3 is 1.92 bits per heavy atom. The van der Waals surface area contributed by atoms with E-state index in [0.717, 1.165) is 5.75 Å². The van der Waals surface area contributed by atoms with Crippen molar-refractivity contribution < 1.29 is 4.74 Å². The first-order valence-electron chi connectivity index (χ1n) is 12.9. The number of nitrogens with zero attached hydrogens (tertiary/aromatic N) is 2. The molecule has 0 saturated carbocycles. The Kier molecular flexibility index (Phi) is 4.26. The van der Waals surface area contributed by atoms with Gasteiger partial charge in [-0.2, -0.15) is 0 Å². The van der Waals surface area contributed by atoms with Crippen molar-refractivity contribution in [2.24, 2.45) is 0 Å². The zero-order chi connectivity index (χ0) is 25.1. The second-order valence-corrected chi connectivity index (χ2v) is 15.4. The summed E-state index contributed by atoms with van der Waals surface area (Å²) in [7, 11) is -0.164. The third-order valence-electron chi connectivity index (χ3n) is 9.02. The summed E-state index contributed by atoms with van der Waals surface area (Å²) < 4.78 is 5.83. The molecule has 0 aliphatic carbocycles. The average Bonchev–Trinajstić information content (AvgIpc) is 3.08. The highest BCUT2D eigenvalue weighted by Crippen LogP contribution is 2.59. The second kappa shape index (κ2) is 7.04. The summed E-state index contributed by atoms with van der Waals surface area (Å²) in [6, 6.07) is 22.9. The molecule has 0 aromatic heterocycles. The number of anilines is 4. The van der Waals surface area contributed by atoms with Crippen molar-refractivity contribution in [1.29, 1.82) is 0 Å². The van der Waals surface area contributed by atoms with Crippen molar-refractivity contribution in [3.05, 3.63) is 77.4 Å². The number of hydrogen-bond acceptors (Lipinski definition) is 3. The van der Waals surface area contributed by atoms with E-state index < -0.39 is 8.07 Å². The standard InChI is InChI=1S/C32H32N2OSi/c1-18-12-13-24-22-10-8-9-11-23(22)25-14-16-28-32-31(25)33(29(24)19(18)2)21(4)34(32)30-20(3)26(35-5)15-17-27(30)36(28,6)7/h8-17,21H,1-7H3/t21-/m0/s1. The molecule has 4 heteroatoms. The average molecular weight is 489 g/mol. The molecular formula is C32H32N2OSi. The Morgan fingerprint density at radius 1 is 0.639 bits per heavy atom. The number of fused-ring (bicyclic) bond motifs is 7. The number of ether oxygens (including phenoxy) is 1. The maximum absolute atomic E-state index is 5.83. The molecule has 1 atom stereocenters. The molecule has 0 amide bonds. The van der Waals surface area contributed by atoms with Gasteiger partial charge >= 0.3 is 0 Å². The van der Waals surface area contributed by atoms with E-state index in [2.05, 4.69) is 111 Å². The molecule has 0 saturated heterocycles. The predicted octanol–water partition coefficient (Wildman–Crippen LogP) is 7.04. The van der Waals surface area contributed by atoms with Crippen molar-refractivity contribution >= 4 is 41.2 Å². The van der Waals surface area contributed by atoms with Gasteiger partial charge in [-0.3, -0.25) is 0 Å². The minimum atomic E-state index is -1.95. The summed E-state index contributed by atoms with van der Waals surface area (Å²) >= 11 is 0. The highest BCUT2D eigenvalue weighted by atomic mass is 28.3. The number of aryl methyl sites for hydroxylation is 1. The number of methoxy groups -OCH3 is 1. The van der Waals surface area contributed by atoms with E-state index in [1.165, 1.54) is 72.1 Å². The molecule has 4 aromatic carbocycles. The van der Waals surface area contributed by atoms with Crippen LogP contribution in [0.1, 0.15) is 23.6 Å². The van der Waals surface area contributed by atoms with Gasteiger partial charge in [0.15, 0.2) is 0 Å². The fourth-order valence-corrected chi connectivity index (χ4v) is 10.0. The van der Waals surface area contributed by atoms with Gasteiger partial charge in [0.05, 0.1) is 24.2 Å². The summed E-state index contributed by atoms with van der Waals surface area (Å²) in [6.07, 6.45) is 0.142. The van der Waals surface area contributed by atoms with Gasteiger partial charge in [-0.25, -0.2) is 0 Å². The Bertz CT molecular complexity index is 1620. The molecule has 0 spiro atoms. The van der Waals surface area contributed by atoms with Crippen LogP contribution in [0, 0.1) is 20.8 Å². The topological polar surface area (TPSA) is 15.7 Å². The minimum absolute atomic E-state index is 0.142. The van der Waals surface area contributed by atoms with Gasteiger partial charge in [-0.05, 0) is 66.4 Å². The largest absolute Gasteiger partial charge is 0.496 e. The maximum atomic E-state index is 5.83. The van der Waals surface area contributed by atoms with E-state index in [1.54, 1.807) is 7.11 Å². The number of rotatable bonds is 1. The van der Waals surface area contributed by atoms with Gasteiger partial charge in [-0.1, -0.05) is 67.7 Å². The van der Waals surface area contributed by atoms with E-state index in [1.807, 2.05) is 0 Å². The van der Waals surface area contributed by atoms with Crippen molar-refractivity contribution in [2.75, 3.05) is 16.9 Å². The van der Waals surface area contributed by atoms with E-state index in [0.29, 0.717) is 0 Å². The first-order chi connectivity index (χ1) is 17.3. The highest BCUT2D eigenvalue weighted by Gasteiger charge is 2.49. The second-order valence-electron chi connectivity index (χ2n) is 11.1. The Balaban J connectivity index is 1.67. The van der Waals surface area contributed by atoms with Gasteiger partial charge in [0, 0.05) is 22.4 Å². The third kappa shape index (κ3) is 2.43. The molecule has 3 nitrogen and oxygen atoms in total. The molecule has 7 rings (SSSR count). The van der Waals surface area contributed by atoms with Crippen molar-refractivity contribution in [3.8, 4) is 28.0 Å². The first kappa shape index (κ1) is 21.8. The van der Waals surface area contributed by atoms with E-state index in [9.17, 15) is 0 Å². The lowest BCUT2D eigenvalue weighted by Gasteiger charge is -2.42. The molecule has 0 unspecified atom stereocenters. The summed E-state index contributed by atoms with van der Waals surface area (Å²) in [5.41, 5.74) is 14.7. The van der Waals surface area contributed by atoms with Gasteiger partial charge < -0.3 is 14.5 Å². The quantitative estimate of drug-likeness (QED) is 0.267. The molecule has 3 heterocycles. The maximum Gasteiger partial charge on any atom is 0.123 e. The zero-order valence-electron chi connectivity index (χ0n) is 22.2. The summed E-state index contributed by atoms with van der Waals surface area (Å²) in [4.78, 5) is 5.27. The van der Waals surface area contributed by atoms with Crippen LogP contribution >= 0.6 is 0 Å². The first-order valence-corrected chi connectivity index (χ1v) is 15.9. The van der Waals surface area contributed by atoms with E-state index >= 15 is 0 Å². The van der Waals surface area contributed by atoms with Crippen LogP contribution in [0.25, 0.3) is 22.3 Å². The van der Waals surface area contributed by atoms with Crippen LogP contribution in [-0.4, -0.2) is 21.3 Å². The molecule has 0 bridgehead atoms. The fraction of sp³-hybridized carbons (Fsp3) is 0.250. The molecular weight excluding hydrogens is 456 g/mol. The monoisotopic (exact) mass is 488 g/mol. The number of benzene rings is 4. The van der Waals surface area contributed by atoms with E-state index in [-0.39, 0.29) is 6.17 Å². The van der Waals surface area contributed by atoms with Crippen LogP contribution in [0.15, 0.2) is 60.7 Å². The van der Waals surface area contributed by atoms with Crippen LogP contribution in [-0.2, 0) is 0 Å². The van der Waals surface area contributed by atoms with Crippen LogP contribution in [0.4, 0.5) is 22.7 Å². The summed E-state index contributed by atoms with van der Waals surface area (Å²) in [5.74, 6) is 0.968. The lowest BCUT2D eigenvalue weighted by molar-refractivity contribution is 0.412. The Labute approximate surface area is 215 Å². The van der Waals surface area contributed by atoms with E-state index in [4.69, 9.17) is 4.74 Å². The van der Waals surface area contributed by atoms with Crippen LogP contribution in [0.3, 0.4) is 0 Å². The van der Waals surface area contributed by atoms with Gasteiger partial charge in [0.25, 0.3) is 0 Å². The molecule has 4 aromatic rings. The predicted molar refractivity (Wildman–Crippen MR) is 155 cm³/mol. The van der Waals surface area contributed by atoms with Gasteiger partial charge in [0.1, 0.15) is 20.0 Å². The molecule has 180 valence electrons. The lowest BCUT2D eigenvalue weighted by atomic mass is 9.92. The Hall–Kier alpha value is -3.50. The molecule has 36 heavy (non-hydrogen) atoms. The van der Waals surface area contributed by atoms with Gasteiger partial charge in [0.2, 0.25) is 0 Å². The zero-order valence-corrected chi connectivity index (χ0v) is 23.2. The molecule has 0 radical (unpaired) electrons. The smallest absolute Gasteiger partial charge is 0.123 e. The van der Waals surface area contributed by atoms with Gasteiger partial charge in [-0.15, -0.1) is 0 Å². The van der Waals surface area contributed by atoms with Crippen molar-refractivity contribution in [2.45, 2.75) is 47.0 Å². The lowest BCUT2D eigenvalue weighted by Crippen LogP contribution is -2.59. The summed E-state index contributed by atoms with van der Waals surface area (Å²) in [5, 5.41) is 3.03. The highest BCUT2D eigenvalue weighted by molar-refractivity contribution is 7.03. The Morgan fingerprint density at radius 2 is 1.22 bits per heavy atom. The van der Waals surface area contributed by atoms with Crippen LogP contribution < -0.4 is 24.9 Å². The molecule has 3 aliphatic heterocycles. The fourth-order valence-electron chi connectivity index (χ4n) is 7.02. The molecule has 3 aliphatic rings. The van der Waals surface area contributed by atoms with Crippen LogP contribution in [0.2, 0.25) is 13.1 Å². The third-order valence-corrected chi connectivity index (χ3v) is 12.5. The van der Waals surface area contributed by atoms with Crippen molar-refractivity contribution in [3.63, 3.8) is 0 Å². The normalized spacial score (nSPS) is 17.7. The van der Waals surface area contributed by atoms with Crippen LogP contribution in [0.5, 0.6) is 5.75 Å². The van der Waals surface area contributed by atoms with Crippen molar-refractivity contribution in [1.82, 2.24) is 0 Å². The minimum Gasteiger partial charge on any atom is -0.496 e. The number of hydrogen-bond donors (Lipinski definition) is 0. The SMILES string of the molecule is COc1ccc2c(c1C)N1c3c(ccc4c3N(c3c(ccc(C)c3C)-c3ccccc3-4)[C@@H]1C)[Si]2(C)C. The molecule has 0 N–H and O–H groups in total. The summed E-state index contributed by atoms with van der Waals surface area (Å²) in [6.45, 7) is 14.2. The molecule has 0 fully saturated rings.